The Kier molecular flexibility index (Phi) is 4.37. The number of carbonyl (C=O) groups is 1. The third kappa shape index (κ3) is 3.44. The zero-order valence-electron chi connectivity index (χ0n) is 11.5. The Morgan fingerprint density at radius 3 is 3.00 bits per heavy atom. The van der Waals surface area contributed by atoms with Gasteiger partial charge in [-0.3, -0.25) is 9.78 Å². The maximum absolute atomic E-state index is 11.0. The molecule has 1 aliphatic heterocycles. The van der Waals surface area contributed by atoms with Gasteiger partial charge in [-0.05, 0) is 25.0 Å². The third-order valence-corrected chi connectivity index (χ3v) is 3.46. The molecule has 1 aliphatic rings. The summed E-state index contributed by atoms with van der Waals surface area (Å²) in [6.07, 6.45) is 2.93. The Hall–Kier alpha value is -1.62. The minimum Gasteiger partial charge on any atom is -0.387 e. The smallest absolute Gasteiger partial charge is 0.217 e. The van der Waals surface area contributed by atoms with Crippen LogP contribution in [0.1, 0.15) is 38.5 Å². The van der Waals surface area contributed by atoms with Crippen molar-refractivity contribution < 1.29 is 9.90 Å². The fourth-order valence-corrected chi connectivity index (χ4v) is 2.39. The number of pyridine rings is 1. The average Bonchev–Trinajstić information content (AvgIpc) is 2.85. The van der Waals surface area contributed by atoms with Gasteiger partial charge >= 0.3 is 0 Å². The predicted octanol–water partition coefficient (Wildman–Crippen LogP) is 1.24. The van der Waals surface area contributed by atoms with E-state index in [9.17, 15) is 9.90 Å². The van der Waals surface area contributed by atoms with Crippen LogP contribution in [0.5, 0.6) is 0 Å². The lowest BCUT2D eigenvalue weighted by Gasteiger charge is -2.19. The maximum Gasteiger partial charge on any atom is 0.217 e. The molecular weight excluding hydrogens is 242 g/mol. The normalized spacial score (nSPS) is 20.4. The lowest BCUT2D eigenvalue weighted by atomic mass is 10.2. The molecule has 0 aromatic carbocycles. The Balaban J connectivity index is 1.98. The molecule has 19 heavy (non-hydrogen) atoms. The van der Waals surface area contributed by atoms with E-state index in [-0.39, 0.29) is 11.9 Å². The van der Waals surface area contributed by atoms with E-state index < -0.39 is 6.10 Å². The van der Waals surface area contributed by atoms with Crippen molar-refractivity contribution in [2.24, 2.45) is 0 Å². The van der Waals surface area contributed by atoms with Crippen molar-refractivity contribution in [1.82, 2.24) is 10.3 Å². The lowest BCUT2D eigenvalue weighted by molar-refractivity contribution is -0.119. The summed E-state index contributed by atoms with van der Waals surface area (Å²) in [5, 5.41) is 12.6. The van der Waals surface area contributed by atoms with Crippen LogP contribution in [0.15, 0.2) is 18.3 Å². The van der Waals surface area contributed by atoms with Gasteiger partial charge in [-0.2, -0.15) is 0 Å². The highest BCUT2D eigenvalue weighted by atomic mass is 16.3. The summed E-state index contributed by atoms with van der Waals surface area (Å²) in [7, 11) is 0. The number of anilines is 1. The van der Waals surface area contributed by atoms with Gasteiger partial charge in [0.1, 0.15) is 0 Å². The van der Waals surface area contributed by atoms with E-state index in [1.54, 1.807) is 13.1 Å². The number of aliphatic hydroxyl groups excluding tert-OH is 1. The second-order valence-electron chi connectivity index (χ2n) is 5.00. The predicted molar refractivity (Wildman–Crippen MR) is 73.9 cm³/mol. The standard InChI is InChI=1S/C14H21N3O2/c1-3-14(19)13-5-4-12(8-15-13)17-7-6-11(9-17)16-10(2)18/h4-5,8,11,14,19H,3,6-7,9H2,1-2H3,(H,16,18)/t11?,14-/m1/s1. The van der Waals surface area contributed by atoms with E-state index in [0.29, 0.717) is 12.1 Å². The molecule has 1 aromatic heterocycles. The molecule has 2 rings (SSSR count). The highest BCUT2D eigenvalue weighted by Gasteiger charge is 2.23. The SMILES string of the molecule is CC[C@@H](O)c1ccc(N2CCC(NC(C)=O)C2)cn1. The van der Waals surface area contributed by atoms with Gasteiger partial charge < -0.3 is 15.3 Å². The lowest BCUT2D eigenvalue weighted by Crippen LogP contribution is -2.35. The number of hydrogen-bond acceptors (Lipinski definition) is 4. The number of aromatic nitrogens is 1. The second-order valence-corrected chi connectivity index (χ2v) is 5.00. The van der Waals surface area contributed by atoms with Crippen LogP contribution in [-0.4, -0.2) is 35.1 Å². The molecule has 0 aliphatic carbocycles. The molecule has 1 saturated heterocycles. The molecule has 2 heterocycles. The van der Waals surface area contributed by atoms with E-state index in [0.717, 1.165) is 25.2 Å². The Bertz CT molecular complexity index is 433. The summed E-state index contributed by atoms with van der Waals surface area (Å²) in [5.41, 5.74) is 1.75. The molecule has 104 valence electrons. The van der Waals surface area contributed by atoms with Crippen LogP contribution < -0.4 is 10.2 Å². The van der Waals surface area contributed by atoms with Crippen LogP contribution >= 0.6 is 0 Å². The largest absolute Gasteiger partial charge is 0.387 e. The Labute approximate surface area is 113 Å². The highest BCUT2D eigenvalue weighted by molar-refractivity contribution is 5.73. The van der Waals surface area contributed by atoms with Gasteiger partial charge in [0.15, 0.2) is 0 Å². The van der Waals surface area contributed by atoms with Gasteiger partial charge in [-0.1, -0.05) is 6.92 Å². The molecular formula is C14H21N3O2. The van der Waals surface area contributed by atoms with E-state index in [2.05, 4.69) is 15.2 Å². The molecule has 0 bridgehead atoms. The fraction of sp³-hybridized carbons (Fsp3) is 0.571. The number of amides is 1. The third-order valence-electron chi connectivity index (χ3n) is 3.46. The van der Waals surface area contributed by atoms with E-state index >= 15 is 0 Å². The fourth-order valence-electron chi connectivity index (χ4n) is 2.39. The summed E-state index contributed by atoms with van der Waals surface area (Å²) in [5.74, 6) is 0.0198. The topological polar surface area (TPSA) is 65.5 Å². The molecule has 2 atom stereocenters. The zero-order valence-corrected chi connectivity index (χ0v) is 11.5. The maximum atomic E-state index is 11.0. The highest BCUT2D eigenvalue weighted by Crippen LogP contribution is 2.22. The van der Waals surface area contributed by atoms with Crippen molar-refractivity contribution in [1.29, 1.82) is 0 Å². The van der Waals surface area contributed by atoms with Crippen molar-refractivity contribution in [3.8, 4) is 0 Å². The van der Waals surface area contributed by atoms with Crippen molar-refractivity contribution in [2.75, 3.05) is 18.0 Å². The number of rotatable bonds is 4. The number of carbonyl (C=O) groups excluding carboxylic acids is 1. The van der Waals surface area contributed by atoms with Gasteiger partial charge in [0.2, 0.25) is 5.91 Å². The number of aliphatic hydroxyl groups is 1. The Morgan fingerprint density at radius 2 is 2.42 bits per heavy atom. The number of hydrogen-bond donors (Lipinski definition) is 2. The van der Waals surface area contributed by atoms with Crippen LogP contribution in [0.4, 0.5) is 5.69 Å². The molecule has 0 radical (unpaired) electrons. The van der Waals surface area contributed by atoms with Crippen LogP contribution in [0.25, 0.3) is 0 Å². The molecule has 2 N–H and O–H groups in total. The minimum atomic E-state index is -0.486. The second kappa shape index (κ2) is 6.02. The van der Waals surface area contributed by atoms with Gasteiger partial charge in [0.25, 0.3) is 0 Å². The summed E-state index contributed by atoms with van der Waals surface area (Å²) < 4.78 is 0. The number of nitrogens with one attached hydrogen (secondary N) is 1. The molecule has 1 amide bonds. The monoisotopic (exact) mass is 263 g/mol. The van der Waals surface area contributed by atoms with Gasteiger partial charge in [0, 0.05) is 26.1 Å². The van der Waals surface area contributed by atoms with Gasteiger partial charge in [-0.25, -0.2) is 0 Å². The number of nitrogens with zero attached hydrogens (tertiary/aromatic N) is 2. The van der Waals surface area contributed by atoms with Crippen molar-refractivity contribution in [3.05, 3.63) is 24.0 Å². The first-order valence-corrected chi connectivity index (χ1v) is 6.76. The van der Waals surface area contributed by atoms with E-state index in [4.69, 9.17) is 0 Å². The first kappa shape index (κ1) is 13.8. The molecule has 5 nitrogen and oxygen atoms in total. The first-order chi connectivity index (χ1) is 9.10. The van der Waals surface area contributed by atoms with E-state index in [1.165, 1.54) is 0 Å². The van der Waals surface area contributed by atoms with Gasteiger partial charge in [-0.15, -0.1) is 0 Å². The molecule has 1 unspecified atom stereocenters. The summed E-state index contributed by atoms with van der Waals surface area (Å²) in [6, 6.07) is 4.07. The van der Waals surface area contributed by atoms with Crippen LogP contribution in [0, 0.1) is 0 Å². The molecule has 1 aromatic rings. The summed E-state index contributed by atoms with van der Waals surface area (Å²) >= 11 is 0. The van der Waals surface area contributed by atoms with Crippen LogP contribution in [0.2, 0.25) is 0 Å². The molecule has 1 fully saturated rings. The summed E-state index contributed by atoms with van der Waals surface area (Å²) in [4.78, 5) is 17.5. The average molecular weight is 263 g/mol. The van der Waals surface area contributed by atoms with Crippen molar-refractivity contribution >= 4 is 11.6 Å². The van der Waals surface area contributed by atoms with Crippen LogP contribution in [0.3, 0.4) is 0 Å². The zero-order chi connectivity index (χ0) is 13.8. The van der Waals surface area contributed by atoms with Crippen molar-refractivity contribution in [3.63, 3.8) is 0 Å². The minimum absolute atomic E-state index is 0.0198. The van der Waals surface area contributed by atoms with Crippen molar-refractivity contribution in [2.45, 2.75) is 38.8 Å². The molecule has 0 saturated carbocycles. The molecule has 0 spiro atoms. The Morgan fingerprint density at radius 1 is 1.63 bits per heavy atom. The quantitative estimate of drug-likeness (QED) is 0.858. The van der Waals surface area contributed by atoms with E-state index in [1.807, 2.05) is 19.1 Å². The summed E-state index contributed by atoms with van der Waals surface area (Å²) in [6.45, 7) is 5.21. The first-order valence-electron chi connectivity index (χ1n) is 6.76. The van der Waals surface area contributed by atoms with Gasteiger partial charge in [0.05, 0.1) is 23.7 Å². The van der Waals surface area contributed by atoms with Crippen LogP contribution in [-0.2, 0) is 4.79 Å². The molecule has 5 heteroatoms.